The van der Waals surface area contributed by atoms with Crippen molar-refractivity contribution < 1.29 is 0 Å². The molecule has 0 radical (unpaired) electrons. The first-order valence-electron chi connectivity index (χ1n) is 6.39. The van der Waals surface area contributed by atoms with Gasteiger partial charge >= 0.3 is 0 Å². The van der Waals surface area contributed by atoms with Gasteiger partial charge in [0.25, 0.3) is 0 Å². The van der Waals surface area contributed by atoms with Crippen LogP contribution in [0.3, 0.4) is 0 Å². The lowest BCUT2D eigenvalue weighted by Gasteiger charge is -2.08. The van der Waals surface area contributed by atoms with E-state index in [2.05, 4.69) is 73.3 Å². The van der Waals surface area contributed by atoms with E-state index in [9.17, 15) is 0 Å². The van der Waals surface area contributed by atoms with Crippen LogP contribution in [0.2, 0.25) is 0 Å². The van der Waals surface area contributed by atoms with Crippen molar-refractivity contribution in [3.8, 4) is 0 Å². The zero-order valence-electron chi connectivity index (χ0n) is 10.4. The van der Waals surface area contributed by atoms with Gasteiger partial charge in [0.2, 0.25) is 0 Å². The highest BCUT2D eigenvalue weighted by Crippen LogP contribution is 2.22. The van der Waals surface area contributed by atoms with Gasteiger partial charge in [-0.25, -0.2) is 0 Å². The zero-order chi connectivity index (χ0) is 13.2. The van der Waals surface area contributed by atoms with Gasteiger partial charge in [0.05, 0.1) is 16.3 Å². The average molecular weight is 432 g/mol. The maximum absolute atomic E-state index is 4.32. The normalized spacial score (nSPS) is 14.8. The van der Waals surface area contributed by atoms with Crippen LogP contribution in [0.15, 0.2) is 35.1 Å². The van der Waals surface area contributed by atoms with Crippen LogP contribution in [-0.4, -0.2) is 15.8 Å². The number of rotatable bonds is 5. The third-order valence-corrected chi connectivity index (χ3v) is 4.52. The second kappa shape index (κ2) is 5.93. The number of hydrogen-bond donors (Lipinski definition) is 1. The molecule has 1 aliphatic carbocycles. The van der Waals surface area contributed by atoms with Crippen molar-refractivity contribution in [2.45, 2.75) is 32.0 Å². The van der Waals surface area contributed by atoms with Crippen LogP contribution in [0.1, 0.15) is 24.0 Å². The molecule has 19 heavy (non-hydrogen) atoms. The second-order valence-electron chi connectivity index (χ2n) is 4.94. The lowest BCUT2D eigenvalue weighted by Crippen LogP contribution is -2.15. The molecule has 1 aromatic heterocycles. The molecule has 3 rings (SSSR count). The van der Waals surface area contributed by atoms with Crippen molar-refractivity contribution in [2.24, 2.45) is 0 Å². The van der Waals surface area contributed by atoms with Gasteiger partial charge in [-0.2, -0.15) is 5.10 Å². The fourth-order valence-corrected chi connectivity index (χ4v) is 2.98. The van der Waals surface area contributed by atoms with Crippen molar-refractivity contribution in [2.75, 3.05) is 0 Å². The third-order valence-electron chi connectivity index (χ3n) is 3.22. The van der Waals surface area contributed by atoms with Crippen molar-refractivity contribution >= 4 is 38.5 Å². The van der Waals surface area contributed by atoms with Gasteiger partial charge < -0.3 is 5.32 Å². The van der Waals surface area contributed by atoms with Crippen LogP contribution in [0.5, 0.6) is 0 Å². The topological polar surface area (TPSA) is 29.9 Å². The molecule has 0 unspecified atom stereocenters. The van der Waals surface area contributed by atoms with Crippen LogP contribution in [0.4, 0.5) is 0 Å². The molecular formula is C14H15BrIN3. The van der Waals surface area contributed by atoms with Gasteiger partial charge in [0, 0.05) is 23.3 Å². The highest BCUT2D eigenvalue weighted by Gasteiger charge is 2.19. The number of nitrogens with zero attached hydrogens (tertiary/aromatic N) is 2. The maximum atomic E-state index is 4.32. The van der Waals surface area contributed by atoms with Crippen molar-refractivity contribution in [1.29, 1.82) is 0 Å². The predicted molar refractivity (Wildman–Crippen MR) is 88.0 cm³/mol. The molecule has 1 saturated carbocycles. The summed E-state index contributed by atoms with van der Waals surface area (Å²) in [5.74, 6) is 0. The minimum absolute atomic E-state index is 0.754. The Morgan fingerprint density at radius 2 is 2.26 bits per heavy atom. The Morgan fingerprint density at radius 1 is 1.42 bits per heavy atom. The monoisotopic (exact) mass is 431 g/mol. The van der Waals surface area contributed by atoms with E-state index in [-0.39, 0.29) is 0 Å². The Morgan fingerprint density at radius 3 is 2.89 bits per heavy atom. The van der Waals surface area contributed by atoms with E-state index in [1.807, 2.05) is 10.9 Å². The summed E-state index contributed by atoms with van der Waals surface area (Å²) in [6, 6.07) is 7.34. The molecule has 1 aromatic carbocycles. The van der Waals surface area contributed by atoms with Crippen LogP contribution in [0, 0.1) is 3.57 Å². The minimum Gasteiger partial charge on any atom is -0.310 e. The summed E-state index contributed by atoms with van der Waals surface area (Å²) in [6.45, 7) is 1.77. The fraction of sp³-hybridized carbons (Fsp3) is 0.357. The van der Waals surface area contributed by atoms with E-state index in [0.29, 0.717) is 0 Å². The van der Waals surface area contributed by atoms with Gasteiger partial charge in [-0.05, 0) is 52.6 Å². The molecule has 0 saturated heterocycles. The summed E-state index contributed by atoms with van der Waals surface area (Å²) >= 11 is 5.94. The SMILES string of the molecule is Brc1cc(CNC2CC2)ccc1Cn1cc(I)cn1. The highest BCUT2D eigenvalue weighted by atomic mass is 127. The van der Waals surface area contributed by atoms with Crippen molar-refractivity contribution in [1.82, 2.24) is 15.1 Å². The second-order valence-corrected chi connectivity index (χ2v) is 7.04. The lowest BCUT2D eigenvalue weighted by atomic mass is 10.1. The molecule has 5 heteroatoms. The number of aromatic nitrogens is 2. The first kappa shape index (κ1) is 13.6. The quantitative estimate of drug-likeness (QED) is 0.733. The van der Waals surface area contributed by atoms with E-state index in [0.717, 1.165) is 23.6 Å². The number of benzene rings is 1. The molecule has 1 N–H and O–H groups in total. The zero-order valence-corrected chi connectivity index (χ0v) is 14.2. The molecule has 1 heterocycles. The standard InChI is InChI=1S/C14H15BrIN3/c15-14-5-10(6-17-13-3-4-13)1-2-11(14)8-19-9-12(16)7-18-19/h1-2,5,7,9,13,17H,3-4,6,8H2. The Balaban J connectivity index is 1.67. The molecule has 3 nitrogen and oxygen atoms in total. The van der Waals surface area contributed by atoms with Crippen LogP contribution >= 0.6 is 38.5 Å². The minimum atomic E-state index is 0.754. The average Bonchev–Trinajstić information content (AvgIpc) is 3.13. The van der Waals surface area contributed by atoms with Gasteiger partial charge in [0.15, 0.2) is 0 Å². The molecule has 1 fully saturated rings. The van der Waals surface area contributed by atoms with E-state index in [1.54, 1.807) is 0 Å². The van der Waals surface area contributed by atoms with Crippen LogP contribution in [0.25, 0.3) is 0 Å². The number of halogens is 2. The summed E-state index contributed by atoms with van der Waals surface area (Å²) in [5, 5.41) is 7.85. The Labute approximate surface area is 135 Å². The molecule has 0 bridgehead atoms. The van der Waals surface area contributed by atoms with Crippen molar-refractivity contribution in [3.63, 3.8) is 0 Å². The highest BCUT2D eigenvalue weighted by molar-refractivity contribution is 14.1. The molecule has 0 atom stereocenters. The molecule has 2 aromatic rings. The van der Waals surface area contributed by atoms with Crippen molar-refractivity contribution in [3.05, 3.63) is 49.8 Å². The molecule has 1 aliphatic rings. The molecular weight excluding hydrogens is 417 g/mol. The Kier molecular flexibility index (Phi) is 4.24. The van der Waals surface area contributed by atoms with Crippen LogP contribution < -0.4 is 5.32 Å². The molecule has 0 amide bonds. The number of nitrogens with one attached hydrogen (secondary N) is 1. The summed E-state index contributed by atoms with van der Waals surface area (Å²) in [6.07, 6.45) is 6.59. The van der Waals surface area contributed by atoms with E-state index >= 15 is 0 Å². The summed E-state index contributed by atoms with van der Waals surface area (Å²) in [4.78, 5) is 0. The first-order valence-corrected chi connectivity index (χ1v) is 8.26. The van der Waals surface area contributed by atoms with E-state index in [1.165, 1.54) is 27.5 Å². The van der Waals surface area contributed by atoms with E-state index in [4.69, 9.17) is 0 Å². The fourth-order valence-electron chi connectivity index (χ4n) is 1.98. The van der Waals surface area contributed by atoms with E-state index < -0.39 is 0 Å². The summed E-state index contributed by atoms with van der Waals surface area (Å²) in [7, 11) is 0. The number of hydrogen-bond acceptors (Lipinski definition) is 2. The third kappa shape index (κ3) is 3.79. The Hall–Kier alpha value is -0.400. The lowest BCUT2D eigenvalue weighted by molar-refractivity contribution is 0.677. The van der Waals surface area contributed by atoms with Gasteiger partial charge in [-0.15, -0.1) is 0 Å². The smallest absolute Gasteiger partial charge is 0.0670 e. The molecule has 0 spiro atoms. The van der Waals surface area contributed by atoms with Gasteiger partial charge in [0.1, 0.15) is 0 Å². The van der Waals surface area contributed by atoms with Gasteiger partial charge in [-0.1, -0.05) is 28.1 Å². The summed E-state index contributed by atoms with van der Waals surface area (Å²) in [5.41, 5.74) is 2.59. The Bertz CT molecular complexity index is 578. The summed E-state index contributed by atoms with van der Waals surface area (Å²) < 4.78 is 4.29. The predicted octanol–water partition coefficient (Wildman–Crippen LogP) is 3.55. The maximum Gasteiger partial charge on any atom is 0.0670 e. The largest absolute Gasteiger partial charge is 0.310 e. The van der Waals surface area contributed by atoms with Crippen LogP contribution in [-0.2, 0) is 13.1 Å². The first-order chi connectivity index (χ1) is 9.20. The molecule has 100 valence electrons. The van der Waals surface area contributed by atoms with Gasteiger partial charge in [-0.3, -0.25) is 4.68 Å². The molecule has 0 aliphatic heterocycles.